The van der Waals surface area contributed by atoms with Crippen molar-refractivity contribution in [3.8, 4) is 0 Å². The molecule has 2 aromatic heterocycles. The van der Waals surface area contributed by atoms with E-state index in [2.05, 4.69) is 11.9 Å². The maximum absolute atomic E-state index is 12.7. The summed E-state index contributed by atoms with van der Waals surface area (Å²) in [6, 6.07) is -0.840. The lowest BCUT2D eigenvalue weighted by molar-refractivity contribution is -0.141. The van der Waals surface area contributed by atoms with Gasteiger partial charge < -0.3 is 5.11 Å². The van der Waals surface area contributed by atoms with E-state index in [4.69, 9.17) is 0 Å². The van der Waals surface area contributed by atoms with E-state index in [1.165, 1.54) is 15.8 Å². The van der Waals surface area contributed by atoms with E-state index in [1.54, 1.807) is 18.3 Å². The molecule has 0 amide bonds. The zero-order valence-electron chi connectivity index (χ0n) is 12.1. The van der Waals surface area contributed by atoms with E-state index in [-0.39, 0.29) is 5.56 Å². The quantitative estimate of drug-likeness (QED) is 0.946. The van der Waals surface area contributed by atoms with E-state index in [0.29, 0.717) is 17.7 Å². The van der Waals surface area contributed by atoms with Gasteiger partial charge in [0.1, 0.15) is 10.9 Å². The van der Waals surface area contributed by atoms with Crippen molar-refractivity contribution in [2.75, 3.05) is 0 Å². The van der Waals surface area contributed by atoms with E-state index < -0.39 is 12.0 Å². The van der Waals surface area contributed by atoms with Crippen LogP contribution in [-0.4, -0.2) is 20.6 Å². The fraction of sp³-hybridized carbons (Fsp3) is 0.533. The van der Waals surface area contributed by atoms with Crippen LogP contribution in [0.4, 0.5) is 0 Å². The number of nitrogens with zero attached hydrogens (tertiary/aromatic N) is 2. The number of carboxylic acids is 1. The second-order valence-corrected chi connectivity index (χ2v) is 6.83. The van der Waals surface area contributed by atoms with Crippen LogP contribution in [0.3, 0.4) is 0 Å². The van der Waals surface area contributed by atoms with Gasteiger partial charge in [-0.3, -0.25) is 9.36 Å². The first-order chi connectivity index (χ1) is 10.0. The van der Waals surface area contributed by atoms with Gasteiger partial charge in [-0.25, -0.2) is 9.78 Å². The molecular formula is C15H18N2O3S. The molecule has 0 saturated carbocycles. The molecule has 0 radical (unpaired) electrons. The van der Waals surface area contributed by atoms with Crippen molar-refractivity contribution in [2.45, 2.75) is 45.6 Å². The van der Waals surface area contributed by atoms with Gasteiger partial charge in [-0.15, -0.1) is 11.3 Å². The van der Waals surface area contributed by atoms with Crippen LogP contribution >= 0.6 is 11.3 Å². The molecule has 21 heavy (non-hydrogen) atoms. The average molecular weight is 306 g/mol. The van der Waals surface area contributed by atoms with Crippen molar-refractivity contribution in [3.63, 3.8) is 0 Å². The molecule has 0 saturated heterocycles. The van der Waals surface area contributed by atoms with Crippen LogP contribution in [0.1, 0.15) is 43.2 Å². The molecule has 0 aliphatic heterocycles. The normalized spacial score (nSPS) is 19.4. The maximum Gasteiger partial charge on any atom is 0.326 e. The summed E-state index contributed by atoms with van der Waals surface area (Å²) in [6.45, 7) is 3.98. The van der Waals surface area contributed by atoms with E-state index in [1.807, 2.05) is 0 Å². The Labute approximate surface area is 126 Å². The van der Waals surface area contributed by atoms with Gasteiger partial charge in [-0.2, -0.15) is 0 Å². The van der Waals surface area contributed by atoms with Crippen molar-refractivity contribution >= 4 is 27.5 Å². The molecule has 1 aliphatic carbocycles. The van der Waals surface area contributed by atoms with E-state index in [9.17, 15) is 14.7 Å². The Hall–Kier alpha value is -1.69. The Morgan fingerprint density at radius 3 is 3.05 bits per heavy atom. The minimum atomic E-state index is -0.988. The number of thiophene rings is 1. The Morgan fingerprint density at radius 2 is 2.38 bits per heavy atom. The number of hydrogen-bond donors (Lipinski definition) is 1. The summed E-state index contributed by atoms with van der Waals surface area (Å²) >= 11 is 1.58. The fourth-order valence-corrected chi connectivity index (χ4v) is 4.40. The van der Waals surface area contributed by atoms with Crippen molar-refractivity contribution in [3.05, 3.63) is 27.1 Å². The molecule has 0 bridgehead atoms. The first kappa shape index (κ1) is 14.3. The highest BCUT2D eigenvalue weighted by atomic mass is 32.1. The molecule has 2 heterocycles. The lowest BCUT2D eigenvalue weighted by atomic mass is 9.89. The largest absolute Gasteiger partial charge is 0.480 e. The third-order valence-corrected chi connectivity index (χ3v) is 5.41. The topological polar surface area (TPSA) is 72.2 Å². The molecule has 5 nitrogen and oxygen atoms in total. The van der Waals surface area contributed by atoms with Gasteiger partial charge in [0.05, 0.1) is 11.7 Å². The Morgan fingerprint density at radius 1 is 1.62 bits per heavy atom. The van der Waals surface area contributed by atoms with Crippen LogP contribution in [0.25, 0.3) is 10.2 Å². The minimum Gasteiger partial charge on any atom is -0.480 e. The number of aliphatic carboxylic acids is 1. The van der Waals surface area contributed by atoms with Crippen molar-refractivity contribution in [1.29, 1.82) is 0 Å². The molecule has 0 spiro atoms. The van der Waals surface area contributed by atoms with Gasteiger partial charge in [-0.1, -0.05) is 13.8 Å². The summed E-state index contributed by atoms with van der Waals surface area (Å²) in [5.74, 6) is -0.353. The number of hydrogen-bond acceptors (Lipinski definition) is 4. The molecule has 2 atom stereocenters. The van der Waals surface area contributed by atoms with E-state index in [0.717, 1.165) is 29.7 Å². The van der Waals surface area contributed by atoms with Crippen LogP contribution in [0.2, 0.25) is 0 Å². The highest BCUT2D eigenvalue weighted by molar-refractivity contribution is 7.18. The lowest BCUT2D eigenvalue weighted by Gasteiger charge is -2.18. The number of carbonyl (C=O) groups is 1. The summed E-state index contributed by atoms with van der Waals surface area (Å²) in [5, 5.41) is 9.90. The van der Waals surface area contributed by atoms with E-state index >= 15 is 0 Å². The second-order valence-electron chi connectivity index (χ2n) is 5.75. The molecule has 2 aromatic rings. The molecule has 0 aromatic carbocycles. The van der Waals surface area contributed by atoms with Crippen LogP contribution in [-0.2, 0) is 17.6 Å². The fourth-order valence-electron chi connectivity index (χ4n) is 3.06. The highest BCUT2D eigenvalue weighted by Gasteiger charge is 2.25. The molecule has 0 unspecified atom stereocenters. The van der Waals surface area contributed by atoms with Crippen molar-refractivity contribution in [2.24, 2.45) is 5.92 Å². The Bertz CT molecular complexity index is 762. The first-order valence-corrected chi connectivity index (χ1v) is 8.08. The van der Waals surface area contributed by atoms with Crippen LogP contribution < -0.4 is 5.56 Å². The number of carboxylic acid groups (broad SMARTS) is 1. The standard InChI is InChI=1S/C15H18N2O3S/c1-3-10(15(19)20)17-7-16-13-12(14(17)18)9-5-4-8(2)6-11(9)21-13/h7-8,10H,3-6H2,1-2H3,(H,19,20)/t8-,10-/m0/s1. The molecule has 3 rings (SSSR count). The first-order valence-electron chi connectivity index (χ1n) is 7.27. The lowest BCUT2D eigenvalue weighted by Crippen LogP contribution is -2.30. The summed E-state index contributed by atoms with van der Waals surface area (Å²) in [5.41, 5.74) is 0.890. The SMILES string of the molecule is CC[C@@H](C(=O)O)n1cnc2sc3c(c2c1=O)CC[C@H](C)C3. The summed E-state index contributed by atoms with van der Waals surface area (Å²) < 4.78 is 1.27. The molecular weight excluding hydrogens is 288 g/mol. The van der Waals surface area contributed by atoms with Gasteiger partial charge in [0, 0.05) is 4.88 Å². The molecule has 1 aliphatic rings. The van der Waals surface area contributed by atoms with Gasteiger partial charge in [0.15, 0.2) is 0 Å². The molecule has 6 heteroatoms. The summed E-state index contributed by atoms with van der Waals surface area (Å²) in [4.78, 5) is 30.4. The zero-order valence-corrected chi connectivity index (χ0v) is 12.9. The molecule has 112 valence electrons. The predicted octanol–water partition coefficient (Wildman–Crippen LogP) is 2.62. The Balaban J connectivity index is 2.21. The number of aryl methyl sites for hydroxylation is 1. The second kappa shape index (κ2) is 5.26. The highest BCUT2D eigenvalue weighted by Crippen LogP contribution is 2.35. The molecule has 1 N–H and O–H groups in total. The van der Waals surface area contributed by atoms with Crippen LogP contribution in [0, 0.1) is 5.92 Å². The van der Waals surface area contributed by atoms with Gasteiger partial charge in [0.2, 0.25) is 0 Å². The van der Waals surface area contributed by atoms with Gasteiger partial charge in [-0.05, 0) is 37.2 Å². The monoisotopic (exact) mass is 306 g/mol. The maximum atomic E-state index is 12.7. The smallest absolute Gasteiger partial charge is 0.326 e. The third-order valence-electron chi connectivity index (χ3n) is 4.25. The third kappa shape index (κ3) is 2.27. The Kier molecular flexibility index (Phi) is 3.57. The van der Waals surface area contributed by atoms with Crippen molar-refractivity contribution in [1.82, 2.24) is 9.55 Å². The van der Waals surface area contributed by atoms with Gasteiger partial charge in [0.25, 0.3) is 5.56 Å². The zero-order chi connectivity index (χ0) is 15.1. The average Bonchev–Trinajstić information content (AvgIpc) is 2.79. The summed E-state index contributed by atoms with van der Waals surface area (Å²) in [7, 11) is 0. The van der Waals surface area contributed by atoms with Crippen molar-refractivity contribution < 1.29 is 9.90 Å². The predicted molar refractivity (Wildman–Crippen MR) is 82.0 cm³/mol. The van der Waals surface area contributed by atoms with Crippen LogP contribution in [0.15, 0.2) is 11.1 Å². The minimum absolute atomic E-state index is 0.207. The number of fused-ring (bicyclic) bond motifs is 3. The molecule has 0 fully saturated rings. The summed E-state index contributed by atoms with van der Waals surface area (Å²) in [6.07, 6.45) is 4.71. The number of rotatable bonds is 3. The van der Waals surface area contributed by atoms with Crippen LogP contribution in [0.5, 0.6) is 0 Å². The number of aromatic nitrogens is 2. The van der Waals surface area contributed by atoms with Gasteiger partial charge >= 0.3 is 5.97 Å².